The summed E-state index contributed by atoms with van der Waals surface area (Å²) in [6.45, 7) is 11.5. The second kappa shape index (κ2) is 8.57. The van der Waals surface area contributed by atoms with Gasteiger partial charge < -0.3 is 10.2 Å². The Morgan fingerprint density at radius 2 is 1.41 bits per heavy atom. The van der Waals surface area contributed by atoms with Gasteiger partial charge in [0.25, 0.3) is 0 Å². The zero-order valence-corrected chi connectivity index (χ0v) is 13.7. The third-order valence-electron chi connectivity index (χ3n) is 3.57. The standard InChI is InChI=1S/C11H24N5.W/c1-12-16-10-8-15(9-11-16)7-6-14-4-2-13-3-5-14;/h12H,2-11H2,1H3;/q-1;. The van der Waals surface area contributed by atoms with Gasteiger partial charge in [-0.2, -0.15) is 0 Å². The number of piperazine rings is 2. The van der Waals surface area contributed by atoms with Gasteiger partial charge >= 0.3 is 0 Å². The molecule has 2 heterocycles. The van der Waals surface area contributed by atoms with Gasteiger partial charge in [0.15, 0.2) is 0 Å². The first-order chi connectivity index (χ1) is 7.88. The van der Waals surface area contributed by atoms with Gasteiger partial charge in [-0.1, -0.05) is 0 Å². The van der Waals surface area contributed by atoms with Crippen LogP contribution in [0.3, 0.4) is 0 Å². The predicted octanol–water partition coefficient (Wildman–Crippen LogP) is -0.575. The number of hydrazine groups is 1. The summed E-state index contributed by atoms with van der Waals surface area (Å²) >= 11 is 0. The summed E-state index contributed by atoms with van der Waals surface area (Å²) in [5, 5.41) is 6.66. The number of nitrogens with one attached hydrogen (secondary N) is 1. The molecule has 2 aliphatic heterocycles. The number of hydrogen-bond donors (Lipinski definition) is 1. The van der Waals surface area contributed by atoms with Crippen LogP contribution >= 0.6 is 0 Å². The van der Waals surface area contributed by atoms with Crippen LogP contribution < -0.4 is 5.43 Å². The molecule has 6 heteroatoms. The van der Waals surface area contributed by atoms with Gasteiger partial charge in [0.1, 0.15) is 0 Å². The van der Waals surface area contributed by atoms with Crippen molar-refractivity contribution in [3.8, 4) is 0 Å². The molecule has 17 heavy (non-hydrogen) atoms. The van der Waals surface area contributed by atoms with E-state index in [0.29, 0.717) is 0 Å². The van der Waals surface area contributed by atoms with E-state index in [-0.39, 0.29) is 21.1 Å². The van der Waals surface area contributed by atoms with Crippen molar-refractivity contribution in [2.24, 2.45) is 0 Å². The molecule has 0 aromatic rings. The van der Waals surface area contributed by atoms with E-state index < -0.39 is 0 Å². The molecule has 0 bridgehead atoms. The number of nitrogens with zero attached hydrogens (tertiary/aromatic N) is 4. The van der Waals surface area contributed by atoms with Crippen LogP contribution in [0.25, 0.3) is 5.32 Å². The maximum Gasteiger partial charge on any atom is 0.0259 e. The van der Waals surface area contributed by atoms with Gasteiger partial charge in [-0.3, -0.25) is 10.3 Å². The summed E-state index contributed by atoms with van der Waals surface area (Å²) in [6.07, 6.45) is 0. The fourth-order valence-corrected chi connectivity index (χ4v) is 2.35. The van der Waals surface area contributed by atoms with Crippen molar-refractivity contribution < 1.29 is 21.1 Å². The second-order valence-corrected chi connectivity index (χ2v) is 4.56. The zero-order chi connectivity index (χ0) is 11.2. The summed E-state index contributed by atoms with van der Waals surface area (Å²) in [5.41, 5.74) is 3.21. The molecule has 0 aromatic heterocycles. The van der Waals surface area contributed by atoms with Crippen LogP contribution in [-0.4, -0.2) is 87.3 Å². The van der Waals surface area contributed by atoms with Crippen LogP contribution in [0.15, 0.2) is 0 Å². The van der Waals surface area contributed by atoms with Gasteiger partial charge in [-0.05, 0) is 20.1 Å². The van der Waals surface area contributed by atoms with E-state index >= 15 is 0 Å². The minimum absolute atomic E-state index is 0. The molecule has 0 unspecified atom stereocenters. The summed E-state index contributed by atoms with van der Waals surface area (Å²) in [6, 6.07) is 0. The monoisotopic (exact) mass is 410 g/mol. The molecule has 0 aliphatic carbocycles. The molecular formula is C11H24N5W-. The molecule has 0 spiro atoms. The molecule has 5 nitrogen and oxygen atoms in total. The van der Waals surface area contributed by atoms with Crippen LogP contribution in [0.1, 0.15) is 0 Å². The van der Waals surface area contributed by atoms with E-state index in [1.165, 1.54) is 26.2 Å². The average molecular weight is 410 g/mol. The van der Waals surface area contributed by atoms with Gasteiger partial charge in [-0.15, -0.1) is 13.1 Å². The van der Waals surface area contributed by atoms with Crippen molar-refractivity contribution in [3.05, 3.63) is 5.32 Å². The topological polar surface area (TPSA) is 35.9 Å². The van der Waals surface area contributed by atoms with Gasteiger partial charge in [0.05, 0.1) is 0 Å². The maximum absolute atomic E-state index is 4.37. The third kappa shape index (κ3) is 5.33. The third-order valence-corrected chi connectivity index (χ3v) is 3.57. The first kappa shape index (κ1) is 15.5. The number of hydrogen-bond acceptors (Lipinski definition) is 4. The molecular weight excluding hydrogens is 386 g/mol. The van der Waals surface area contributed by atoms with Crippen LogP contribution in [0.5, 0.6) is 0 Å². The van der Waals surface area contributed by atoms with E-state index in [2.05, 4.69) is 25.6 Å². The Bertz CT molecular complexity index is 190. The number of rotatable bonds is 4. The zero-order valence-electron chi connectivity index (χ0n) is 10.8. The van der Waals surface area contributed by atoms with E-state index in [1.54, 1.807) is 0 Å². The average Bonchev–Trinajstić information content (AvgIpc) is 2.38. The molecule has 2 rings (SSSR count). The van der Waals surface area contributed by atoms with Crippen molar-refractivity contribution >= 4 is 0 Å². The van der Waals surface area contributed by atoms with E-state index in [0.717, 1.165) is 39.3 Å². The summed E-state index contributed by atoms with van der Waals surface area (Å²) in [7, 11) is 2.01. The van der Waals surface area contributed by atoms with Gasteiger partial charge in [0.2, 0.25) is 0 Å². The Labute approximate surface area is 119 Å². The van der Waals surface area contributed by atoms with Crippen molar-refractivity contribution in [2.45, 2.75) is 0 Å². The molecule has 1 N–H and O–H groups in total. The molecule has 0 amide bonds. The van der Waals surface area contributed by atoms with E-state index in [1.807, 2.05) is 7.05 Å². The molecule has 2 saturated heterocycles. The fourth-order valence-electron chi connectivity index (χ4n) is 2.35. The molecule has 2 aliphatic rings. The maximum atomic E-state index is 4.37. The Hall–Kier alpha value is 0.488. The van der Waals surface area contributed by atoms with Crippen LogP contribution in [-0.2, 0) is 21.1 Å². The summed E-state index contributed by atoms with van der Waals surface area (Å²) < 4.78 is 0. The van der Waals surface area contributed by atoms with Crippen LogP contribution in [0, 0.1) is 0 Å². The molecule has 2 fully saturated rings. The first-order valence-electron chi connectivity index (χ1n) is 6.39. The molecule has 100 valence electrons. The van der Waals surface area contributed by atoms with E-state index in [9.17, 15) is 0 Å². The summed E-state index contributed by atoms with van der Waals surface area (Å²) in [4.78, 5) is 5.11. The molecule has 0 atom stereocenters. The predicted molar refractivity (Wildman–Crippen MR) is 66.6 cm³/mol. The van der Waals surface area contributed by atoms with E-state index in [4.69, 9.17) is 0 Å². The van der Waals surface area contributed by atoms with Crippen LogP contribution in [0.2, 0.25) is 0 Å². The van der Waals surface area contributed by atoms with Crippen LogP contribution in [0.4, 0.5) is 0 Å². The minimum atomic E-state index is 0. The Balaban J connectivity index is 0.00000144. The fraction of sp³-hybridized carbons (Fsp3) is 1.00. The van der Waals surface area contributed by atoms with Gasteiger partial charge in [0, 0.05) is 60.3 Å². The normalized spacial score (nSPS) is 24.5. The Morgan fingerprint density at radius 1 is 0.882 bits per heavy atom. The Kier molecular flexibility index (Phi) is 7.83. The quantitative estimate of drug-likeness (QED) is 0.674. The van der Waals surface area contributed by atoms with Crippen molar-refractivity contribution in [1.82, 2.24) is 20.2 Å². The van der Waals surface area contributed by atoms with Crippen molar-refractivity contribution in [1.29, 1.82) is 0 Å². The first-order valence-corrected chi connectivity index (χ1v) is 6.39. The van der Waals surface area contributed by atoms with Gasteiger partial charge in [-0.25, -0.2) is 5.01 Å². The molecule has 0 radical (unpaired) electrons. The Morgan fingerprint density at radius 3 is 1.94 bits per heavy atom. The molecule has 0 saturated carbocycles. The summed E-state index contributed by atoms with van der Waals surface area (Å²) in [5.74, 6) is 0. The second-order valence-electron chi connectivity index (χ2n) is 4.56. The SMILES string of the molecule is CNN1CCN(CCN2CC[N-]CC2)CC1.[W]. The smallest absolute Gasteiger partial charge is 0.0259 e. The largest absolute Gasteiger partial charge is 0.660 e. The molecule has 0 aromatic carbocycles. The minimum Gasteiger partial charge on any atom is -0.660 e. The van der Waals surface area contributed by atoms with Crippen molar-refractivity contribution in [3.63, 3.8) is 0 Å². The van der Waals surface area contributed by atoms with Crippen molar-refractivity contribution in [2.75, 3.05) is 72.5 Å².